The first-order chi connectivity index (χ1) is 5.72. The van der Waals surface area contributed by atoms with Crippen LogP contribution in [0.1, 0.15) is 33.1 Å². The summed E-state index contributed by atoms with van der Waals surface area (Å²) in [6, 6.07) is -0.526. The van der Waals surface area contributed by atoms with Gasteiger partial charge in [-0.1, -0.05) is 19.8 Å². The van der Waals surface area contributed by atoms with E-state index < -0.39 is 12.1 Å². The Bertz CT molecular complexity index is 115. The van der Waals surface area contributed by atoms with Gasteiger partial charge in [-0.05, 0) is 19.9 Å². The largest absolute Gasteiger partial charge is 0.391 e. The third kappa shape index (κ3) is 5.27. The summed E-state index contributed by atoms with van der Waals surface area (Å²) in [7, 11) is 0. The van der Waals surface area contributed by atoms with Gasteiger partial charge in [0.25, 0.3) is 0 Å². The topological polar surface area (TPSA) is 49.3 Å². The van der Waals surface area contributed by atoms with E-state index in [1.54, 1.807) is 13.2 Å². The molecule has 12 heavy (non-hydrogen) atoms. The molecule has 0 aromatic heterocycles. The van der Waals surface area contributed by atoms with Crippen molar-refractivity contribution < 1.29 is 9.90 Å². The van der Waals surface area contributed by atoms with Crippen LogP contribution in [0.3, 0.4) is 0 Å². The number of nitrogens with one attached hydrogen (secondary N) is 1. The van der Waals surface area contributed by atoms with Crippen molar-refractivity contribution in [3.8, 4) is 0 Å². The van der Waals surface area contributed by atoms with Crippen molar-refractivity contribution in [2.45, 2.75) is 45.3 Å². The minimum atomic E-state index is -0.649. The number of hydrogen-bond acceptors (Lipinski definition) is 3. The van der Waals surface area contributed by atoms with Gasteiger partial charge in [0.1, 0.15) is 6.04 Å². The average Bonchev–Trinajstić information content (AvgIpc) is 2.04. The maximum Gasteiger partial charge on any atom is 0.219 e. The Kier molecular flexibility index (Phi) is 7.00. The van der Waals surface area contributed by atoms with Crippen LogP contribution in [0.2, 0.25) is 0 Å². The molecule has 0 saturated carbocycles. The lowest BCUT2D eigenvalue weighted by Crippen LogP contribution is -2.40. The molecule has 0 aliphatic rings. The normalized spacial score (nSPS) is 15.6. The molecule has 3 nitrogen and oxygen atoms in total. The van der Waals surface area contributed by atoms with E-state index in [-0.39, 0.29) is 0 Å². The molecular weight excluding hydrogens is 154 g/mol. The molecule has 0 aliphatic heterocycles. The van der Waals surface area contributed by atoms with Gasteiger partial charge in [-0.15, -0.1) is 0 Å². The van der Waals surface area contributed by atoms with E-state index in [0.717, 1.165) is 25.8 Å². The van der Waals surface area contributed by atoms with Crippen LogP contribution in [0.25, 0.3) is 0 Å². The number of unbranched alkanes of at least 4 members (excludes halogenated alkanes) is 2. The van der Waals surface area contributed by atoms with Crippen LogP contribution in [-0.4, -0.2) is 30.1 Å². The summed E-state index contributed by atoms with van der Waals surface area (Å²) in [5, 5.41) is 12.0. The molecule has 0 rings (SSSR count). The van der Waals surface area contributed by atoms with Gasteiger partial charge in [-0.3, -0.25) is 4.79 Å². The predicted octanol–water partition coefficient (Wildman–Crippen LogP) is 0.625. The predicted molar refractivity (Wildman–Crippen MR) is 48.7 cm³/mol. The van der Waals surface area contributed by atoms with Crippen LogP contribution >= 0.6 is 0 Å². The summed E-state index contributed by atoms with van der Waals surface area (Å²) < 4.78 is 0. The summed E-state index contributed by atoms with van der Waals surface area (Å²) in [5.41, 5.74) is 0. The zero-order chi connectivity index (χ0) is 9.40. The average molecular weight is 172 g/mol. The Labute approximate surface area is 74.2 Å². The SMILES string of the molecule is CCCCCN[C@H]([C]=O)[C@@H](C)O. The summed E-state index contributed by atoms with van der Waals surface area (Å²) in [6.07, 6.45) is 4.47. The fourth-order valence-corrected chi connectivity index (χ4v) is 0.943. The van der Waals surface area contributed by atoms with Gasteiger partial charge in [0.15, 0.2) is 0 Å². The Morgan fingerprint density at radius 1 is 1.50 bits per heavy atom. The van der Waals surface area contributed by atoms with Crippen molar-refractivity contribution in [2.24, 2.45) is 0 Å². The molecule has 0 spiro atoms. The van der Waals surface area contributed by atoms with Crippen molar-refractivity contribution >= 4 is 6.29 Å². The lowest BCUT2D eigenvalue weighted by Gasteiger charge is -2.13. The Hall–Kier alpha value is -0.410. The Balaban J connectivity index is 3.38. The van der Waals surface area contributed by atoms with Crippen molar-refractivity contribution in [3.05, 3.63) is 0 Å². The van der Waals surface area contributed by atoms with E-state index in [0.29, 0.717) is 0 Å². The molecule has 71 valence electrons. The highest BCUT2D eigenvalue weighted by atomic mass is 16.3. The summed E-state index contributed by atoms with van der Waals surface area (Å²) >= 11 is 0. The van der Waals surface area contributed by atoms with Crippen LogP contribution in [-0.2, 0) is 4.79 Å². The van der Waals surface area contributed by atoms with E-state index in [4.69, 9.17) is 5.11 Å². The third-order valence-electron chi connectivity index (χ3n) is 1.75. The maximum absolute atomic E-state index is 10.3. The molecule has 0 amide bonds. The highest BCUT2D eigenvalue weighted by Gasteiger charge is 2.12. The Morgan fingerprint density at radius 2 is 2.17 bits per heavy atom. The highest BCUT2D eigenvalue weighted by molar-refractivity contribution is 5.59. The maximum atomic E-state index is 10.3. The molecule has 0 aliphatic carbocycles. The number of rotatable bonds is 7. The van der Waals surface area contributed by atoms with E-state index in [2.05, 4.69) is 12.2 Å². The van der Waals surface area contributed by atoms with Gasteiger partial charge in [-0.2, -0.15) is 0 Å². The van der Waals surface area contributed by atoms with Gasteiger partial charge in [0.2, 0.25) is 6.29 Å². The third-order valence-corrected chi connectivity index (χ3v) is 1.75. The highest BCUT2D eigenvalue weighted by Crippen LogP contribution is 1.93. The lowest BCUT2D eigenvalue weighted by atomic mass is 10.2. The zero-order valence-electron chi connectivity index (χ0n) is 7.84. The fourth-order valence-electron chi connectivity index (χ4n) is 0.943. The summed E-state index contributed by atoms with van der Waals surface area (Å²) in [6.45, 7) is 4.49. The second-order valence-corrected chi connectivity index (χ2v) is 3.00. The molecule has 0 heterocycles. The fraction of sp³-hybridized carbons (Fsp3) is 0.889. The minimum Gasteiger partial charge on any atom is -0.391 e. The van der Waals surface area contributed by atoms with Gasteiger partial charge < -0.3 is 10.4 Å². The molecule has 0 aromatic carbocycles. The van der Waals surface area contributed by atoms with Gasteiger partial charge in [0.05, 0.1) is 6.10 Å². The summed E-state index contributed by atoms with van der Waals surface area (Å²) in [5.74, 6) is 0. The van der Waals surface area contributed by atoms with Crippen LogP contribution in [0.5, 0.6) is 0 Å². The second kappa shape index (κ2) is 7.25. The van der Waals surface area contributed by atoms with E-state index in [1.165, 1.54) is 0 Å². The van der Waals surface area contributed by atoms with Gasteiger partial charge in [0, 0.05) is 0 Å². The molecule has 0 fully saturated rings. The van der Waals surface area contributed by atoms with Gasteiger partial charge in [-0.25, -0.2) is 0 Å². The lowest BCUT2D eigenvalue weighted by molar-refractivity contribution is 0.169. The zero-order valence-corrected chi connectivity index (χ0v) is 7.84. The molecule has 3 heteroatoms. The standard InChI is InChI=1S/C9H18NO2/c1-3-4-5-6-10-9(7-11)8(2)12/h8-10,12H,3-6H2,1-2H3/t8-,9-/m1/s1. The van der Waals surface area contributed by atoms with Gasteiger partial charge >= 0.3 is 0 Å². The first-order valence-electron chi connectivity index (χ1n) is 4.51. The first-order valence-corrected chi connectivity index (χ1v) is 4.51. The van der Waals surface area contributed by atoms with Crippen LogP contribution in [0, 0.1) is 0 Å². The molecule has 0 saturated heterocycles. The number of hydrogen-bond donors (Lipinski definition) is 2. The van der Waals surface area contributed by atoms with E-state index >= 15 is 0 Å². The molecular formula is C9H18NO2. The van der Waals surface area contributed by atoms with Crippen molar-refractivity contribution in [2.75, 3.05) is 6.54 Å². The molecule has 0 aromatic rings. The van der Waals surface area contributed by atoms with Crippen LogP contribution < -0.4 is 5.32 Å². The Morgan fingerprint density at radius 3 is 2.58 bits per heavy atom. The molecule has 0 unspecified atom stereocenters. The number of aliphatic hydroxyl groups is 1. The van der Waals surface area contributed by atoms with Crippen molar-refractivity contribution in [1.82, 2.24) is 5.32 Å². The van der Waals surface area contributed by atoms with Crippen LogP contribution in [0.15, 0.2) is 0 Å². The molecule has 0 bridgehead atoms. The number of carbonyl (C=O) groups excluding carboxylic acids is 1. The molecule has 1 radical (unpaired) electrons. The number of aliphatic hydroxyl groups excluding tert-OH is 1. The van der Waals surface area contributed by atoms with E-state index in [1.807, 2.05) is 0 Å². The quantitative estimate of drug-likeness (QED) is 0.554. The minimum absolute atomic E-state index is 0.526. The monoisotopic (exact) mass is 172 g/mol. The van der Waals surface area contributed by atoms with E-state index in [9.17, 15) is 4.79 Å². The molecule has 2 N–H and O–H groups in total. The first kappa shape index (κ1) is 11.6. The smallest absolute Gasteiger partial charge is 0.219 e. The van der Waals surface area contributed by atoms with Crippen molar-refractivity contribution in [3.63, 3.8) is 0 Å². The second-order valence-electron chi connectivity index (χ2n) is 3.00. The summed E-state index contributed by atoms with van der Waals surface area (Å²) in [4.78, 5) is 10.3. The van der Waals surface area contributed by atoms with Crippen LogP contribution in [0.4, 0.5) is 0 Å². The molecule has 2 atom stereocenters. The van der Waals surface area contributed by atoms with Crippen molar-refractivity contribution in [1.29, 1.82) is 0 Å².